The van der Waals surface area contributed by atoms with E-state index in [0.29, 0.717) is 24.4 Å². The highest BCUT2D eigenvalue weighted by Crippen LogP contribution is 2.29. The van der Waals surface area contributed by atoms with E-state index in [1.807, 2.05) is 16.7 Å². The molecule has 28 heavy (non-hydrogen) atoms. The Labute approximate surface area is 159 Å². The monoisotopic (exact) mass is 377 g/mol. The van der Waals surface area contributed by atoms with Gasteiger partial charge in [0, 0.05) is 44.3 Å². The smallest absolute Gasteiger partial charge is 0.329 e. The molecule has 5 rings (SSSR count). The highest BCUT2D eigenvalue weighted by atomic mass is 16.5. The Hall–Kier alpha value is -3.33. The van der Waals surface area contributed by atoms with Gasteiger partial charge in [-0.1, -0.05) is 0 Å². The Balaban J connectivity index is 1.79. The molecule has 142 valence electrons. The molecular weight excluding hydrogens is 358 g/mol. The SMILES string of the molecule is Cn1c(=O)n(C2CCOCC2)c2c3nc(-c4cnc(N)nc4)ccc3ncc21. The van der Waals surface area contributed by atoms with Crippen LogP contribution in [0, 0.1) is 0 Å². The van der Waals surface area contributed by atoms with E-state index < -0.39 is 0 Å². The number of ether oxygens (including phenoxy) is 1. The molecule has 5 heterocycles. The van der Waals surface area contributed by atoms with E-state index in [9.17, 15) is 4.79 Å². The van der Waals surface area contributed by atoms with E-state index in [4.69, 9.17) is 15.5 Å². The van der Waals surface area contributed by atoms with Crippen LogP contribution in [0.1, 0.15) is 18.9 Å². The summed E-state index contributed by atoms with van der Waals surface area (Å²) >= 11 is 0. The molecule has 4 aromatic heterocycles. The number of hydrogen-bond donors (Lipinski definition) is 1. The summed E-state index contributed by atoms with van der Waals surface area (Å²) in [5.41, 5.74) is 9.99. The lowest BCUT2D eigenvalue weighted by Crippen LogP contribution is -2.29. The van der Waals surface area contributed by atoms with Gasteiger partial charge in [-0.2, -0.15) is 0 Å². The topological polar surface area (TPSA) is 114 Å². The minimum Gasteiger partial charge on any atom is -0.381 e. The molecule has 0 amide bonds. The van der Waals surface area contributed by atoms with Crippen LogP contribution in [0.3, 0.4) is 0 Å². The summed E-state index contributed by atoms with van der Waals surface area (Å²) in [5.74, 6) is 0.213. The highest BCUT2D eigenvalue weighted by molar-refractivity contribution is 6.00. The van der Waals surface area contributed by atoms with Crippen molar-refractivity contribution in [3.63, 3.8) is 0 Å². The number of nitrogens with zero attached hydrogens (tertiary/aromatic N) is 6. The zero-order valence-corrected chi connectivity index (χ0v) is 15.4. The Kier molecular flexibility index (Phi) is 3.83. The molecule has 0 aromatic carbocycles. The second kappa shape index (κ2) is 6.38. The van der Waals surface area contributed by atoms with Gasteiger partial charge in [-0.3, -0.25) is 14.1 Å². The van der Waals surface area contributed by atoms with E-state index in [1.54, 1.807) is 30.2 Å². The van der Waals surface area contributed by atoms with Gasteiger partial charge in [-0.15, -0.1) is 0 Å². The highest BCUT2D eigenvalue weighted by Gasteiger charge is 2.24. The molecule has 0 saturated carbocycles. The molecule has 1 saturated heterocycles. The molecular formula is C19H19N7O2. The van der Waals surface area contributed by atoms with Crippen LogP contribution in [0.15, 0.2) is 35.5 Å². The third kappa shape index (κ3) is 2.55. The van der Waals surface area contributed by atoms with Crippen LogP contribution < -0.4 is 11.4 Å². The molecule has 0 bridgehead atoms. The summed E-state index contributed by atoms with van der Waals surface area (Å²) in [6.07, 6.45) is 6.62. The van der Waals surface area contributed by atoms with Crippen molar-refractivity contribution in [1.29, 1.82) is 0 Å². The van der Waals surface area contributed by atoms with Gasteiger partial charge in [0.05, 0.1) is 28.4 Å². The molecule has 1 fully saturated rings. The van der Waals surface area contributed by atoms with Gasteiger partial charge in [0.2, 0.25) is 5.95 Å². The fourth-order valence-corrected chi connectivity index (χ4v) is 3.80. The predicted molar refractivity (Wildman–Crippen MR) is 105 cm³/mol. The number of rotatable bonds is 2. The summed E-state index contributed by atoms with van der Waals surface area (Å²) in [5, 5.41) is 0. The molecule has 9 heteroatoms. The van der Waals surface area contributed by atoms with Crippen molar-refractivity contribution in [3.8, 4) is 11.3 Å². The van der Waals surface area contributed by atoms with Gasteiger partial charge >= 0.3 is 5.69 Å². The fraction of sp³-hybridized carbons (Fsp3) is 0.316. The van der Waals surface area contributed by atoms with Crippen molar-refractivity contribution in [1.82, 2.24) is 29.1 Å². The number of hydrogen-bond acceptors (Lipinski definition) is 7. The van der Waals surface area contributed by atoms with Gasteiger partial charge in [-0.25, -0.2) is 19.7 Å². The number of nitrogen functional groups attached to an aromatic ring is 1. The van der Waals surface area contributed by atoms with Crippen LogP contribution in [0.4, 0.5) is 5.95 Å². The maximum atomic E-state index is 13.0. The van der Waals surface area contributed by atoms with Crippen molar-refractivity contribution in [2.24, 2.45) is 7.05 Å². The number of anilines is 1. The molecule has 4 aromatic rings. The maximum Gasteiger partial charge on any atom is 0.329 e. The van der Waals surface area contributed by atoms with Crippen molar-refractivity contribution in [2.45, 2.75) is 18.9 Å². The summed E-state index contributed by atoms with van der Waals surface area (Å²) in [6, 6.07) is 3.86. The van der Waals surface area contributed by atoms with Crippen LogP contribution in [0.5, 0.6) is 0 Å². The normalized spacial score (nSPS) is 15.5. The lowest BCUT2D eigenvalue weighted by atomic mass is 10.1. The van der Waals surface area contributed by atoms with Gasteiger partial charge in [-0.05, 0) is 25.0 Å². The number of imidazole rings is 1. The molecule has 0 atom stereocenters. The van der Waals surface area contributed by atoms with Crippen molar-refractivity contribution >= 4 is 28.0 Å². The van der Waals surface area contributed by atoms with E-state index in [0.717, 1.165) is 35.0 Å². The van der Waals surface area contributed by atoms with E-state index in [2.05, 4.69) is 15.0 Å². The first-order valence-corrected chi connectivity index (χ1v) is 9.16. The molecule has 1 aliphatic rings. The van der Waals surface area contributed by atoms with Crippen LogP contribution >= 0.6 is 0 Å². The van der Waals surface area contributed by atoms with Gasteiger partial charge in [0.25, 0.3) is 0 Å². The standard InChI is InChI=1S/C19H19N7O2/c1-25-15-10-21-14-3-2-13(11-8-22-18(20)23-9-11)24-16(14)17(15)26(19(25)27)12-4-6-28-7-5-12/h2-3,8-10,12H,4-7H2,1H3,(H2,20,22,23). The number of pyridine rings is 2. The Morgan fingerprint density at radius 1 is 1.11 bits per heavy atom. The average molecular weight is 377 g/mol. The lowest BCUT2D eigenvalue weighted by molar-refractivity contribution is 0.0697. The van der Waals surface area contributed by atoms with Crippen LogP contribution in [-0.4, -0.2) is 42.3 Å². The molecule has 2 N–H and O–H groups in total. The quantitative estimate of drug-likeness (QED) is 0.565. The largest absolute Gasteiger partial charge is 0.381 e. The zero-order valence-electron chi connectivity index (χ0n) is 15.4. The second-order valence-electron chi connectivity index (χ2n) is 6.94. The first-order chi connectivity index (χ1) is 13.6. The van der Waals surface area contributed by atoms with Crippen molar-refractivity contribution < 1.29 is 4.74 Å². The summed E-state index contributed by atoms with van der Waals surface area (Å²) < 4.78 is 8.98. The number of nitrogens with two attached hydrogens (primary N) is 1. The summed E-state index contributed by atoms with van der Waals surface area (Å²) in [4.78, 5) is 30.4. The Bertz CT molecular complexity index is 1240. The van der Waals surface area contributed by atoms with E-state index in [1.165, 1.54) is 0 Å². The third-order valence-electron chi connectivity index (χ3n) is 5.29. The first kappa shape index (κ1) is 16.8. The van der Waals surface area contributed by atoms with Gasteiger partial charge < -0.3 is 10.5 Å². The minimum atomic E-state index is -0.0563. The minimum absolute atomic E-state index is 0.0563. The van der Waals surface area contributed by atoms with Crippen LogP contribution in [-0.2, 0) is 11.8 Å². The zero-order chi connectivity index (χ0) is 19.3. The number of aryl methyl sites for hydroxylation is 1. The molecule has 1 aliphatic heterocycles. The predicted octanol–water partition coefficient (Wildman–Crippen LogP) is 1.67. The molecule has 0 spiro atoms. The first-order valence-electron chi connectivity index (χ1n) is 9.16. The van der Waals surface area contributed by atoms with Crippen molar-refractivity contribution in [3.05, 3.63) is 41.2 Å². The summed E-state index contributed by atoms with van der Waals surface area (Å²) in [6.45, 7) is 1.30. The average Bonchev–Trinajstić information content (AvgIpc) is 3.00. The van der Waals surface area contributed by atoms with E-state index >= 15 is 0 Å². The Morgan fingerprint density at radius 2 is 1.86 bits per heavy atom. The number of fused-ring (bicyclic) bond motifs is 3. The summed E-state index contributed by atoms with van der Waals surface area (Å²) in [7, 11) is 1.77. The van der Waals surface area contributed by atoms with Gasteiger partial charge in [0.1, 0.15) is 5.52 Å². The molecule has 0 unspecified atom stereocenters. The van der Waals surface area contributed by atoms with Crippen LogP contribution in [0.25, 0.3) is 33.3 Å². The Morgan fingerprint density at radius 3 is 2.61 bits per heavy atom. The maximum absolute atomic E-state index is 13.0. The molecule has 0 aliphatic carbocycles. The van der Waals surface area contributed by atoms with Gasteiger partial charge in [0.15, 0.2) is 0 Å². The van der Waals surface area contributed by atoms with Crippen molar-refractivity contribution in [2.75, 3.05) is 18.9 Å². The molecule has 9 nitrogen and oxygen atoms in total. The van der Waals surface area contributed by atoms with E-state index in [-0.39, 0.29) is 17.7 Å². The number of aromatic nitrogens is 6. The fourth-order valence-electron chi connectivity index (χ4n) is 3.80. The lowest BCUT2D eigenvalue weighted by Gasteiger charge is -2.23. The van der Waals surface area contributed by atoms with Crippen LogP contribution in [0.2, 0.25) is 0 Å². The third-order valence-corrected chi connectivity index (χ3v) is 5.29. The molecule has 0 radical (unpaired) electrons. The second-order valence-corrected chi connectivity index (χ2v) is 6.94.